The highest BCUT2D eigenvalue weighted by Gasteiger charge is 2.24. The number of nitrogens with two attached hydrogens (primary N) is 1. The van der Waals surface area contributed by atoms with Crippen molar-refractivity contribution in [2.24, 2.45) is 0 Å². The van der Waals surface area contributed by atoms with Crippen molar-refractivity contribution in [2.75, 3.05) is 19.3 Å². The van der Waals surface area contributed by atoms with Crippen LogP contribution in [0.3, 0.4) is 0 Å². The van der Waals surface area contributed by atoms with Crippen LogP contribution in [-0.2, 0) is 0 Å². The van der Waals surface area contributed by atoms with Crippen molar-refractivity contribution in [1.29, 1.82) is 0 Å². The number of anilines is 1. The first kappa shape index (κ1) is 13.0. The molecule has 1 aromatic carbocycles. The van der Waals surface area contributed by atoms with Crippen molar-refractivity contribution < 1.29 is 9.72 Å². The van der Waals surface area contributed by atoms with Crippen molar-refractivity contribution in [3.63, 3.8) is 0 Å². The Morgan fingerprint density at radius 2 is 2.18 bits per heavy atom. The number of carbonyl (C=O) groups excluding carboxylic acids is 1. The minimum absolute atomic E-state index is 0.00532. The number of nitrogens with zero attached hydrogens (tertiary/aromatic N) is 2. The molecule has 0 saturated heterocycles. The minimum atomic E-state index is -0.623. The third-order valence-electron chi connectivity index (χ3n) is 2.39. The lowest BCUT2D eigenvalue weighted by atomic mass is 10.1. The van der Waals surface area contributed by atoms with Crippen LogP contribution in [0.4, 0.5) is 11.4 Å². The topological polar surface area (TPSA) is 89.5 Å². The normalized spacial score (nSPS) is 10.0. The summed E-state index contributed by atoms with van der Waals surface area (Å²) in [5.74, 6) is -0.383. The smallest absolute Gasteiger partial charge is 0.304 e. The molecule has 0 heterocycles. The third kappa shape index (κ3) is 2.72. The molecule has 0 fully saturated rings. The van der Waals surface area contributed by atoms with Crippen molar-refractivity contribution in [3.05, 3.63) is 33.9 Å². The quantitative estimate of drug-likeness (QED) is 0.490. The summed E-state index contributed by atoms with van der Waals surface area (Å²) in [5.41, 5.74) is 5.24. The Morgan fingerprint density at radius 1 is 1.53 bits per heavy atom. The molecule has 0 aliphatic heterocycles. The second kappa shape index (κ2) is 5.29. The van der Waals surface area contributed by atoms with E-state index in [9.17, 15) is 14.9 Å². The number of nitrogen functional groups attached to an aromatic ring is 1. The molecule has 92 valence electrons. The third-order valence-corrected chi connectivity index (χ3v) is 2.39. The summed E-state index contributed by atoms with van der Waals surface area (Å²) in [4.78, 5) is 23.7. The Bertz CT molecular complexity index is 446. The first-order chi connectivity index (χ1) is 7.99. The zero-order chi connectivity index (χ0) is 13.0. The molecular weight excluding hydrogens is 222 g/mol. The average molecular weight is 237 g/mol. The van der Waals surface area contributed by atoms with Gasteiger partial charge in [0, 0.05) is 13.6 Å². The van der Waals surface area contributed by atoms with Gasteiger partial charge in [-0.15, -0.1) is 0 Å². The van der Waals surface area contributed by atoms with E-state index >= 15 is 0 Å². The van der Waals surface area contributed by atoms with Gasteiger partial charge in [0.05, 0.1) is 4.92 Å². The maximum atomic E-state index is 12.0. The first-order valence-corrected chi connectivity index (χ1v) is 5.27. The van der Waals surface area contributed by atoms with Crippen molar-refractivity contribution >= 4 is 17.3 Å². The molecule has 0 atom stereocenters. The lowest BCUT2D eigenvalue weighted by molar-refractivity contribution is -0.384. The van der Waals surface area contributed by atoms with E-state index in [2.05, 4.69) is 0 Å². The van der Waals surface area contributed by atoms with E-state index in [1.807, 2.05) is 6.92 Å². The molecule has 17 heavy (non-hydrogen) atoms. The zero-order valence-corrected chi connectivity index (χ0v) is 9.84. The SMILES string of the molecule is CCCN(C)C(=O)c1cccc(N)c1[N+](=O)[O-]. The Labute approximate surface area is 99.2 Å². The number of hydrogen-bond acceptors (Lipinski definition) is 4. The van der Waals surface area contributed by atoms with Gasteiger partial charge >= 0.3 is 5.69 Å². The van der Waals surface area contributed by atoms with Crippen LogP contribution in [-0.4, -0.2) is 29.3 Å². The van der Waals surface area contributed by atoms with E-state index in [4.69, 9.17) is 5.73 Å². The fraction of sp³-hybridized carbons (Fsp3) is 0.364. The van der Waals surface area contributed by atoms with E-state index in [0.29, 0.717) is 6.54 Å². The van der Waals surface area contributed by atoms with Crippen LogP contribution in [0, 0.1) is 10.1 Å². The number of carbonyl (C=O) groups is 1. The molecule has 0 radical (unpaired) electrons. The van der Waals surface area contributed by atoms with E-state index in [0.717, 1.165) is 6.42 Å². The first-order valence-electron chi connectivity index (χ1n) is 5.27. The van der Waals surface area contributed by atoms with Crippen molar-refractivity contribution in [2.45, 2.75) is 13.3 Å². The summed E-state index contributed by atoms with van der Waals surface area (Å²) in [6.07, 6.45) is 0.790. The van der Waals surface area contributed by atoms with E-state index in [1.165, 1.54) is 23.1 Å². The standard InChI is InChI=1S/C11H15N3O3/c1-3-7-13(2)11(15)8-5-4-6-9(12)10(8)14(16)17/h4-6H,3,7,12H2,1-2H3. The molecule has 0 bridgehead atoms. The lowest BCUT2D eigenvalue weighted by Gasteiger charge is -2.16. The fourth-order valence-electron chi connectivity index (χ4n) is 1.58. The molecule has 0 saturated carbocycles. The summed E-state index contributed by atoms with van der Waals surface area (Å²) in [5, 5.41) is 10.9. The van der Waals surface area contributed by atoms with Crippen LogP contribution >= 0.6 is 0 Å². The molecule has 0 aromatic heterocycles. The van der Waals surface area contributed by atoms with Crippen LogP contribution in [0.5, 0.6) is 0 Å². The molecular formula is C11H15N3O3. The number of amides is 1. The van der Waals surface area contributed by atoms with Gasteiger partial charge in [0.2, 0.25) is 0 Å². The summed E-state index contributed by atoms with van der Waals surface area (Å²) in [7, 11) is 1.61. The largest absolute Gasteiger partial charge is 0.393 e. The minimum Gasteiger partial charge on any atom is -0.393 e. The van der Waals surface area contributed by atoms with Crippen LogP contribution in [0.25, 0.3) is 0 Å². The maximum absolute atomic E-state index is 12.0. The Balaban J connectivity index is 3.18. The van der Waals surface area contributed by atoms with Gasteiger partial charge in [0.1, 0.15) is 11.3 Å². The summed E-state index contributed by atoms with van der Waals surface area (Å²) >= 11 is 0. The maximum Gasteiger partial charge on any atom is 0.304 e. The Hall–Kier alpha value is -2.11. The summed E-state index contributed by atoms with van der Waals surface area (Å²) in [6, 6.07) is 4.37. The molecule has 0 aliphatic carbocycles. The van der Waals surface area contributed by atoms with Gasteiger partial charge in [-0.1, -0.05) is 13.0 Å². The molecule has 1 rings (SSSR count). The number of hydrogen-bond donors (Lipinski definition) is 1. The fourth-order valence-corrected chi connectivity index (χ4v) is 1.58. The monoisotopic (exact) mass is 237 g/mol. The highest BCUT2D eigenvalue weighted by atomic mass is 16.6. The second-order valence-corrected chi connectivity index (χ2v) is 3.73. The molecule has 1 aromatic rings. The average Bonchev–Trinajstić information content (AvgIpc) is 2.27. The zero-order valence-electron chi connectivity index (χ0n) is 9.84. The van der Waals surface area contributed by atoms with Crippen LogP contribution in [0.1, 0.15) is 23.7 Å². The van der Waals surface area contributed by atoms with Gasteiger partial charge in [-0.25, -0.2) is 0 Å². The predicted octanol–water partition coefficient (Wildman–Crippen LogP) is 1.66. The van der Waals surface area contributed by atoms with Crippen LogP contribution in [0.15, 0.2) is 18.2 Å². The van der Waals surface area contributed by atoms with Crippen LogP contribution < -0.4 is 5.73 Å². The van der Waals surface area contributed by atoms with Gasteiger partial charge in [-0.3, -0.25) is 14.9 Å². The Kier molecular flexibility index (Phi) is 4.03. The molecule has 6 heteroatoms. The molecule has 0 aliphatic rings. The van der Waals surface area contributed by atoms with Gasteiger partial charge in [0.25, 0.3) is 5.91 Å². The molecule has 0 unspecified atom stereocenters. The van der Waals surface area contributed by atoms with E-state index < -0.39 is 4.92 Å². The molecule has 1 amide bonds. The Morgan fingerprint density at radius 3 is 2.71 bits per heavy atom. The van der Waals surface area contributed by atoms with Crippen LogP contribution in [0.2, 0.25) is 0 Å². The summed E-state index contributed by atoms with van der Waals surface area (Å²) in [6.45, 7) is 2.47. The van der Waals surface area contributed by atoms with Crippen molar-refractivity contribution in [3.8, 4) is 0 Å². The van der Waals surface area contributed by atoms with Gasteiger partial charge in [-0.05, 0) is 18.6 Å². The van der Waals surface area contributed by atoms with Crippen molar-refractivity contribution in [1.82, 2.24) is 4.90 Å². The van der Waals surface area contributed by atoms with E-state index in [-0.39, 0.29) is 22.8 Å². The number of rotatable bonds is 4. The number of nitro benzene ring substituents is 1. The summed E-state index contributed by atoms with van der Waals surface area (Å²) < 4.78 is 0. The highest BCUT2D eigenvalue weighted by molar-refractivity contribution is 6.00. The number of benzene rings is 1. The second-order valence-electron chi connectivity index (χ2n) is 3.73. The number of para-hydroxylation sites is 1. The molecule has 6 nitrogen and oxygen atoms in total. The molecule has 0 spiro atoms. The van der Waals surface area contributed by atoms with Gasteiger partial charge in [0.15, 0.2) is 0 Å². The van der Waals surface area contributed by atoms with E-state index in [1.54, 1.807) is 7.05 Å². The van der Waals surface area contributed by atoms with Gasteiger partial charge in [-0.2, -0.15) is 0 Å². The predicted molar refractivity (Wildman–Crippen MR) is 64.8 cm³/mol. The number of nitro groups is 1. The lowest BCUT2D eigenvalue weighted by Crippen LogP contribution is -2.28. The highest BCUT2D eigenvalue weighted by Crippen LogP contribution is 2.26. The van der Waals surface area contributed by atoms with Gasteiger partial charge < -0.3 is 10.6 Å². The molecule has 2 N–H and O–H groups in total.